The largest absolute Gasteiger partial charge is 0.504 e. The number of phenolic OH excluding ortho intramolecular Hbond substituents is 1. The molecule has 0 radical (unpaired) electrons. The molecule has 0 saturated heterocycles. The Morgan fingerprint density at radius 2 is 2.00 bits per heavy atom. The summed E-state index contributed by atoms with van der Waals surface area (Å²) in [5, 5.41) is 10.1. The maximum absolute atomic E-state index is 12.3. The summed E-state index contributed by atoms with van der Waals surface area (Å²) in [5.74, 6) is -0.211. The number of hydrogen-bond acceptors (Lipinski definition) is 3. The van der Waals surface area contributed by atoms with Crippen molar-refractivity contribution in [2.24, 2.45) is 0 Å². The zero-order valence-electron chi connectivity index (χ0n) is 11.1. The van der Waals surface area contributed by atoms with Crippen molar-refractivity contribution < 1.29 is 14.6 Å². The molecule has 2 aromatic carbocycles. The Bertz CT molecular complexity index is 746. The van der Waals surface area contributed by atoms with Crippen LogP contribution >= 0.6 is 23.2 Å². The van der Waals surface area contributed by atoms with Crippen LogP contribution < -0.4 is 9.64 Å². The molecule has 108 valence electrons. The van der Waals surface area contributed by atoms with Gasteiger partial charge in [0, 0.05) is 6.07 Å². The van der Waals surface area contributed by atoms with Crippen LogP contribution in [0, 0.1) is 0 Å². The molecule has 1 aliphatic rings. The Hall–Kier alpha value is -1.91. The summed E-state index contributed by atoms with van der Waals surface area (Å²) in [6, 6.07) is 8.73. The second kappa shape index (κ2) is 5.13. The molecule has 0 fully saturated rings. The van der Waals surface area contributed by atoms with Crippen LogP contribution in [0.3, 0.4) is 0 Å². The third kappa shape index (κ3) is 2.11. The average Bonchev–Trinajstić information content (AvgIpc) is 2.76. The highest BCUT2D eigenvalue weighted by Crippen LogP contribution is 2.49. The number of carbonyl (C=O) groups is 1. The van der Waals surface area contributed by atoms with Gasteiger partial charge in [0.1, 0.15) is 5.02 Å². The summed E-state index contributed by atoms with van der Waals surface area (Å²) in [5.41, 5.74) is 1.96. The van der Waals surface area contributed by atoms with E-state index < -0.39 is 0 Å². The first-order chi connectivity index (χ1) is 10.0. The van der Waals surface area contributed by atoms with Crippen molar-refractivity contribution in [2.75, 3.05) is 12.0 Å². The molecule has 4 nitrogen and oxygen atoms in total. The highest BCUT2D eigenvalue weighted by molar-refractivity contribution is 6.42. The lowest BCUT2D eigenvalue weighted by molar-refractivity contribution is -0.116. The van der Waals surface area contributed by atoms with Crippen LogP contribution in [-0.2, 0) is 11.2 Å². The van der Waals surface area contributed by atoms with Gasteiger partial charge in [-0.15, -0.1) is 0 Å². The second-order valence-corrected chi connectivity index (χ2v) is 5.39. The van der Waals surface area contributed by atoms with Gasteiger partial charge in [0.25, 0.3) is 0 Å². The number of fused-ring (bicyclic) bond motifs is 1. The van der Waals surface area contributed by atoms with E-state index in [9.17, 15) is 9.90 Å². The van der Waals surface area contributed by atoms with Crippen molar-refractivity contribution >= 4 is 40.5 Å². The standard InChI is InChI=1S/C15H11Cl2NO3/c1-21-15-11(19)7-9(16)14(13(15)17)18-10-5-3-2-4-8(10)6-12(18)20/h2-5,7,19H,6H2,1H3. The highest BCUT2D eigenvalue weighted by atomic mass is 35.5. The van der Waals surface area contributed by atoms with Gasteiger partial charge >= 0.3 is 0 Å². The summed E-state index contributed by atoms with van der Waals surface area (Å²) < 4.78 is 5.08. The van der Waals surface area contributed by atoms with Crippen molar-refractivity contribution in [3.05, 3.63) is 45.9 Å². The van der Waals surface area contributed by atoms with E-state index in [1.165, 1.54) is 18.1 Å². The fraction of sp³-hybridized carbons (Fsp3) is 0.133. The summed E-state index contributed by atoms with van der Waals surface area (Å²) in [6.07, 6.45) is 0.284. The predicted molar refractivity (Wildman–Crippen MR) is 82.0 cm³/mol. The van der Waals surface area contributed by atoms with Gasteiger partial charge in [0.05, 0.1) is 29.9 Å². The number of rotatable bonds is 2. The monoisotopic (exact) mass is 323 g/mol. The number of hydrogen-bond donors (Lipinski definition) is 1. The number of halogens is 2. The minimum absolute atomic E-state index is 0.0910. The summed E-state index contributed by atoms with van der Waals surface area (Å²) in [6.45, 7) is 0. The molecule has 0 atom stereocenters. The number of carbonyl (C=O) groups excluding carboxylic acids is 1. The van der Waals surface area contributed by atoms with E-state index >= 15 is 0 Å². The number of aromatic hydroxyl groups is 1. The summed E-state index contributed by atoms with van der Waals surface area (Å²) in [4.78, 5) is 13.8. The molecular weight excluding hydrogens is 313 g/mol. The van der Waals surface area contributed by atoms with E-state index in [0.717, 1.165) is 11.3 Å². The normalized spacial score (nSPS) is 13.5. The molecule has 2 aromatic rings. The van der Waals surface area contributed by atoms with Gasteiger partial charge in [-0.3, -0.25) is 9.69 Å². The zero-order valence-corrected chi connectivity index (χ0v) is 12.6. The van der Waals surface area contributed by atoms with Gasteiger partial charge in [0.15, 0.2) is 11.5 Å². The molecule has 0 aliphatic carbocycles. The predicted octanol–water partition coefficient (Wildman–Crippen LogP) is 3.93. The fourth-order valence-corrected chi connectivity index (χ4v) is 3.17. The van der Waals surface area contributed by atoms with Crippen molar-refractivity contribution in [2.45, 2.75) is 6.42 Å². The van der Waals surface area contributed by atoms with E-state index in [-0.39, 0.29) is 33.9 Å². The van der Waals surface area contributed by atoms with Crippen molar-refractivity contribution in [1.29, 1.82) is 0 Å². The number of para-hydroxylation sites is 1. The van der Waals surface area contributed by atoms with Crippen molar-refractivity contribution in [1.82, 2.24) is 0 Å². The van der Waals surface area contributed by atoms with E-state index in [1.54, 1.807) is 0 Å². The lowest BCUT2D eigenvalue weighted by Crippen LogP contribution is -2.21. The third-order valence-electron chi connectivity index (χ3n) is 3.38. The molecule has 6 heteroatoms. The van der Waals surface area contributed by atoms with Crippen LogP contribution in [0.25, 0.3) is 0 Å². The maximum Gasteiger partial charge on any atom is 0.236 e. The first kappa shape index (κ1) is 14.0. The number of anilines is 2. The average molecular weight is 324 g/mol. The molecule has 0 spiro atoms. The van der Waals surface area contributed by atoms with E-state index in [2.05, 4.69) is 0 Å². The summed E-state index contributed by atoms with van der Waals surface area (Å²) >= 11 is 12.4. The SMILES string of the molecule is COc1c(O)cc(Cl)c(N2C(=O)Cc3ccccc32)c1Cl. The molecular formula is C15H11Cl2NO3. The molecule has 1 N–H and O–H groups in total. The topological polar surface area (TPSA) is 49.8 Å². The molecule has 0 unspecified atom stereocenters. The first-order valence-electron chi connectivity index (χ1n) is 6.20. The minimum atomic E-state index is -0.170. The van der Waals surface area contributed by atoms with Crippen LogP contribution in [0.15, 0.2) is 30.3 Å². The first-order valence-corrected chi connectivity index (χ1v) is 6.96. The molecule has 3 rings (SSSR count). The van der Waals surface area contributed by atoms with E-state index in [4.69, 9.17) is 27.9 Å². The number of phenols is 1. The Morgan fingerprint density at radius 3 is 2.71 bits per heavy atom. The van der Waals surface area contributed by atoms with Gasteiger partial charge in [-0.2, -0.15) is 0 Å². The number of nitrogens with zero attached hydrogens (tertiary/aromatic N) is 1. The van der Waals surface area contributed by atoms with Crippen LogP contribution in [0.2, 0.25) is 10.0 Å². The minimum Gasteiger partial charge on any atom is -0.504 e. The number of ether oxygens (including phenoxy) is 1. The Labute approximate surface area is 131 Å². The Morgan fingerprint density at radius 1 is 1.29 bits per heavy atom. The second-order valence-electron chi connectivity index (χ2n) is 4.61. The van der Waals surface area contributed by atoms with E-state index in [0.29, 0.717) is 5.69 Å². The molecule has 0 aromatic heterocycles. The lowest BCUT2D eigenvalue weighted by Gasteiger charge is -2.22. The highest BCUT2D eigenvalue weighted by Gasteiger charge is 2.32. The van der Waals surface area contributed by atoms with Gasteiger partial charge < -0.3 is 9.84 Å². The number of amides is 1. The van der Waals surface area contributed by atoms with Gasteiger partial charge in [0.2, 0.25) is 5.91 Å². The molecule has 1 aliphatic heterocycles. The lowest BCUT2D eigenvalue weighted by atomic mass is 10.2. The van der Waals surface area contributed by atoms with Crippen LogP contribution in [0.4, 0.5) is 11.4 Å². The Kier molecular flexibility index (Phi) is 3.43. The smallest absolute Gasteiger partial charge is 0.236 e. The van der Waals surface area contributed by atoms with Crippen LogP contribution in [0.5, 0.6) is 11.5 Å². The fourth-order valence-electron chi connectivity index (χ4n) is 2.48. The Balaban J connectivity index is 2.24. The van der Waals surface area contributed by atoms with E-state index in [1.807, 2.05) is 24.3 Å². The summed E-state index contributed by atoms with van der Waals surface area (Å²) in [7, 11) is 1.39. The number of benzene rings is 2. The van der Waals surface area contributed by atoms with Gasteiger partial charge in [-0.1, -0.05) is 41.4 Å². The van der Waals surface area contributed by atoms with Crippen LogP contribution in [0.1, 0.15) is 5.56 Å². The quantitative estimate of drug-likeness (QED) is 0.911. The molecule has 1 amide bonds. The molecule has 0 saturated carbocycles. The van der Waals surface area contributed by atoms with Crippen molar-refractivity contribution in [3.8, 4) is 11.5 Å². The molecule has 0 bridgehead atoms. The number of methoxy groups -OCH3 is 1. The third-order valence-corrected chi connectivity index (χ3v) is 4.02. The van der Waals surface area contributed by atoms with Crippen LogP contribution in [-0.4, -0.2) is 18.1 Å². The maximum atomic E-state index is 12.3. The molecule has 1 heterocycles. The molecule has 21 heavy (non-hydrogen) atoms. The van der Waals surface area contributed by atoms with Crippen molar-refractivity contribution in [3.63, 3.8) is 0 Å². The zero-order chi connectivity index (χ0) is 15.1. The van der Waals surface area contributed by atoms with Gasteiger partial charge in [-0.25, -0.2) is 0 Å². The van der Waals surface area contributed by atoms with Gasteiger partial charge in [-0.05, 0) is 11.6 Å².